The smallest absolute Gasteiger partial charge is 0.155 e. The molecular formula is C17H20N4. The molecule has 0 amide bonds. The van der Waals surface area contributed by atoms with E-state index < -0.39 is 0 Å². The van der Waals surface area contributed by atoms with E-state index in [0.29, 0.717) is 0 Å². The summed E-state index contributed by atoms with van der Waals surface area (Å²) in [4.78, 5) is 4.30. The van der Waals surface area contributed by atoms with Crippen molar-refractivity contribution in [2.45, 2.75) is 26.3 Å². The molecule has 0 saturated carbocycles. The average Bonchev–Trinajstić information content (AvgIpc) is 2.96. The highest BCUT2D eigenvalue weighted by Crippen LogP contribution is 2.19. The fourth-order valence-electron chi connectivity index (χ4n) is 2.73. The molecule has 1 unspecified atom stereocenters. The zero-order valence-corrected chi connectivity index (χ0v) is 12.5. The fourth-order valence-corrected chi connectivity index (χ4v) is 2.73. The average molecular weight is 280 g/mol. The van der Waals surface area contributed by atoms with Crippen molar-refractivity contribution < 1.29 is 0 Å². The molecule has 0 aliphatic rings. The Morgan fingerprint density at radius 3 is 2.76 bits per heavy atom. The van der Waals surface area contributed by atoms with E-state index in [1.54, 1.807) is 6.33 Å². The maximum absolute atomic E-state index is 4.34. The van der Waals surface area contributed by atoms with Crippen LogP contribution in [0.25, 0.3) is 5.65 Å². The van der Waals surface area contributed by atoms with Gasteiger partial charge in [-0.1, -0.05) is 37.3 Å². The topological polar surface area (TPSA) is 42.2 Å². The number of nitrogens with zero attached hydrogens (tertiary/aromatic N) is 3. The van der Waals surface area contributed by atoms with Crippen molar-refractivity contribution in [1.29, 1.82) is 0 Å². The number of pyridine rings is 1. The lowest BCUT2D eigenvalue weighted by molar-refractivity contribution is 0.538. The molecule has 108 valence electrons. The van der Waals surface area contributed by atoms with E-state index >= 15 is 0 Å². The number of benzene rings is 1. The van der Waals surface area contributed by atoms with Crippen LogP contribution < -0.4 is 5.32 Å². The van der Waals surface area contributed by atoms with Crippen LogP contribution in [0.2, 0.25) is 0 Å². The number of rotatable bonds is 5. The van der Waals surface area contributed by atoms with Crippen LogP contribution in [-0.2, 0) is 6.42 Å². The number of likely N-dealkylation sites (N-methyl/N-ethyl adjacent to an activating group) is 1. The van der Waals surface area contributed by atoms with Gasteiger partial charge in [-0.2, -0.15) is 5.10 Å². The van der Waals surface area contributed by atoms with Gasteiger partial charge in [-0.25, -0.2) is 9.50 Å². The number of aromatic nitrogens is 3. The molecular weight excluding hydrogens is 260 g/mol. The van der Waals surface area contributed by atoms with Gasteiger partial charge in [-0.3, -0.25) is 0 Å². The zero-order chi connectivity index (χ0) is 14.7. The summed E-state index contributed by atoms with van der Waals surface area (Å²) in [6.07, 6.45) is 2.50. The van der Waals surface area contributed by atoms with Crippen LogP contribution in [0.1, 0.15) is 29.8 Å². The first-order chi connectivity index (χ1) is 10.3. The highest BCUT2D eigenvalue weighted by Gasteiger charge is 2.14. The number of fused-ring (bicyclic) bond motifs is 1. The van der Waals surface area contributed by atoms with Crippen LogP contribution in [0, 0.1) is 6.92 Å². The SMILES string of the molecule is CCNC(Cc1cc(C)cc2ncnn12)c1ccccc1. The van der Waals surface area contributed by atoms with Gasteiger partial charge in [-0.05, 0) is 36.7 Å². The second-order valence-electron chi connectivity index (χ2n) is 5.28. The third-order valence-electron chi connectivity index (χ3n) is 3.66. The van der Waals surface area contributed by atoms with E-state index in [1.807, 2.05) is 4.52 Å². The van der Waals surface area contributed by atoms with Crippen LogP contribution in [0.15, 0.2) is 48.8 Å². The number of hydrogen-bond acceptors (Lipinski definition) is 3. The van der Waals surface area contributed by atoms with Gasteiger partial charge in [0.2, 0.25) is 0 Å². The Balaban J connectivity index is 1.96. The summed E-state index contributed by atoms with van der Waals surface area (Å²) in [6, 6.07) is 15.1. The Labute approximate surface area is 124 Å². The van der Waals surface area contributed by atoms with Gasteiger partial charge >= 0.3 is 0 Å². The van der Waals surface area contributed by atoms with Crippen LogP contribution in [-0.4, -0.2) is 21.1 Å². The quantitative estimate of drug-likeness (QED) is 0.781. The third kappa shape index (κ3) is 2.95. The maximum atomic E-state index is 4.34. The summed E-state index contributed by atoms with van der Waals surface area (Å²) in [5, 5.41) is 7.91. The fraction of sp³-hybridized carbons (Fsp3) is 0.294. The van der Waals surface area contributed by atoms with Gasteiger partial charge < -0.3 is 5.32 Å². The molecule has 0 fully saturated rings. The summed E-state index contributed by atoms with van der Waals surface area (Å²) < 4.78 is 1.93. The minimum atomic E-state index is 0.283. The molecule has 4 heteroatoms. The van der Waals surface area contributed by atoms with Crippen molar-refractivity contribution in [3.63, 3.8) is 0 Å². The van der Waals surface area contributed by atoms with Gasteiger partial charge in [0.15, 0.2) is 5.65 Å². The van der Waals surface area contributed by atoms with Crippen molar-refractivity contribution in [2.24, 2.45) is 0 Å². The van der Waals surface area contributed by atoms with E-state index in [0.717, 1.165) is 18.6 Å². The molecule has 0 radical (unpaired) electrons. The second kappa shape index (κ2) is 6.06. The van der Waals surface area contributed by atoms with Crippen molar-refractivity contribution in [3.05, 3.63) is 65.6 Å². The Morgan fingerprint density at radius 2 is 2.00 bits per heavy atom. The van der Waals surface area contributed by atoms with E-state index in [1.165, 1.54) is 16.8 Å². The summed E-state index contributed by atoms with van der Waals surface area (Å²) in [6.45, 7) is 5.17. The van der Waals surface area contributed by atoms with Gasteiger partial charge in [0.05, 0.1) is 0 Å². The van der Waals surface area contributed by atoms with Crippen LogP contribution in [0.3, 0.4) is 0 Å². The third-order valence-corrected chi connectivity index (χ3v) is 3.66. The molecule has 1 atom stereocenters. The second-order valence-corrected chi connectivity index (χ2v) is 5.28. The number of aryl methyl sites for hydroxylation is 1. The summed E-state index contributed by atoms with van der Waals surface area (Å²) in [5.74, 6) is 0. The Morgan fingerprint density at radius 1 is 1.19 bits per heavy atom. The minimum Gasteiger partial charge on any atom is -0.310 e. The van der Waals surface area contributed by atoms with Crippen LogP contribution in [0.4, 0.5) is 0 Å². The molecule has 1 N–H and O–H groups in total. The van der Waals surface area contributed by atoms with Gasteiger partial charge in [0, 0.05) is 18.2 Å². The molecule has 1 aromatic carbocycles. The van der Waals surface area contributed by atoms with Gasteiger partial charge in [0.25, 0.3) is 0 Å². The highest BCUT2D eigenvalue weighted by molar-refractivity contribution is 5.42. The lowest BCUT2D eigenvalue weighted by Gasteiger charge is -2.19. The molecule has 0 aliphatic carbocycles. The van der Waals surface area contributed by atoms with Crippen molar-refractivity contribution >= 4 is 5.65 Å². The highest BCUT2D eigenvalue weighted by atomic mass is 15.3. The molecule has 2 aromatic heterocycles. The molecule has 0 bridgehead atoms. The first kappa shape index (κ1) is 13.8. The molecule has 0 aliphatic heterocycles. The lowest BCUT2D eigenvalue weighted by atomic mass is 10.0. The van der Waals surface area contributed by atoms with E-state index in [4.69, 9.17) is 0 Å². The predicted octanol–water partition coefficient (Wildman–Crippen LogP) is 2.93. The number of hydrogen-bond donors (Lipinski definition) is 1. The van der Waals surface area contributed by atoms with Crippen LogP contribution >= 0.6 is 0 Å². The molecule has 21 heavy (non-hydrogen) atoms. The summed E-state index contributed by atoms with van der Waals surface area (Å²) in [5.41, 5.74) is 4.61. The standard InChI is InChI=1S/C17H20N4/c1-3-18-16(14-7-5-4-6-8-14)11-15-9-13(2)10-17-19-12-20-21(15)17/h4-10,12,16,18H,3,11H2,1-2H3. The minimum absolute atomic E-state index is 0.283. The zero-order valence-electron chi connectivity index (χ0n) is 12.5. The van der Waals surface area contributed by atoms with E-state index in [-0.39, 0.29) is 6.04 Å². The number of nitrogens with one attached hydrogen (secondary N) is 1. The summed E-state index contributed by atoms with van der Waals surface area (Å²) >= 11 is 0. The normalized spacial score (nSPS) is 12.7. The summed E-state index contributed by atoms with van der Waals surface area (Å²) in [7, 11) is 0. The lowest BCUT2D eigenvalue weighted by Crippen LogP contribution is -2.24. The first-order valence-corrected chi connectivity index (χ1v) is 7.35. The monoisotopic (exact) mass is 280 g/mol. The Bertz CT molecular complexity index is 718. The predicted molar refractivity (Wildman–Crippen MR) is 84.3 cm³/mol. The molecule has 0 spiro atoms. The largest absolute Gasteiger partial charge is 0.310 e. The molecule has 2 heterocycles. The van der Waals surface area contributed by atoms with Crippen molar-refractivity contribution in [3.8, 4) is 0 Å². The molecule has 4 nitrogen and oxygen atoms in total. The van der Waals surface area contributed by atoms with Crippen LogP contribution in [0.5, 0.6) is 0 Å². The first-order valence-electron chi connectivity index (χ1n) is 7.35. The Hall–Kier alpha value is -2.20. The van der Waals surface area contributed by atoms with E-state index in [2.05, 4.69) is 71.7 Å². The van der Waals surface area contributed by atoms with Gasteiger partial charge in [0.1, 0.15) is 6.33 Å². The molecule has 3 aromatic rings. The molecule has 3 rings (SSSR count). The molecule has 0 saturated heterocycles. The van der Waals surface area contributed by atoms with Crippen molar-refractivity contribution in [1.82, 2.24) is 19.9 Å². The maximum Gasteiger partial charge on any atom is 0.155 e. The van der Waals surface area contributed by atoms with Crippen molar-refractivity contribution in [2.75, 3.05) is 6.54 Å². The Kier molecular flexibility index (Phi) is 3.97. The van der Waals surface area contributed by atoms with Gasteiger partial charge in [-0.15, -0.1) is 0 Å². The van der Waals surface area contributed by atoms with E-state index in [9.17, 15) is 0 Å².